The van der Waals surface area contributed by atoms with Crippen molar-refractivity contribution in [3.8, 4) is 0 Å². The second kappa shape index (κ2) is 3.65. The Kier molecular flexibility index (Phi) is 3.12. The van der Waals surface area contributed by atoms with E-state index in [1.807, 2.05) is 20.8 Å². The maximum absolute atomic E-state index is 12.7. The molecule has 4 heteroatoms. The van der Waals surface area contributed by atoms with E-state index < -0.39 is 17.5 Å². The van der Waals surface area contributed by atoms with Gasteiger partial charge in [0.2, 0.25) is 0 Å². The highest BCUT2D eigenvalue weighted by Crippen LogP contribution is 2.50. The van der Waals surface area contributed by atoms with E-state index in [-0.39, 0.29) is 18.6 Å². The number of ether oxygens (including phenoxy) is 1. The maximum Gasteiger partial charge on any atom is 0.392 e. The first-order valence-electron chi connectivity index (χ1n) is 5.21. The van der Waals surface area contributed by atoms with E-state index >= 15 is 0 Å². The summed E-state index contributed by atoms with van der Waals surface area (Å²) < 4.78 is 43.1. The standard InChI is InChI=1S/C11H19F3O/c1-8(11(12,13)14)10(6-15-7-10)5-9(2,3)4/h8H,5-7H2,1-4H3. The van der Waals surface area contributed by atoms with Crippen molar-refractivity contribution in [3.05, 3.63) is 0 Å². The molecule has 0 aromatic rings. The van der Waals surface area contributed by atoms with E-state index in [4.69, 9.17) is 4.74 Å². The van der Waals surface area contributed by atoms with Gasteiger partial charge >= 0.3 is 6.18 Å². The van der Waals surface area contributed by atoms with Crippen molar-refractivity contribution in [1.82, 2.24) is 0 Å². The molecule has 1 atom stereocenters. The van der Waals surface area contributed by atoms with Crippen LogP contribution < -0.4 is 0 Å². The fraction of sp³-hybridized carbons (Fsp3) is 1.00. The topological polar surface area (TPSA) is 9.23 Å². The summed E-state index contributed by atoms with van der Waals surface area (Å²) in [5.41, 5.74) is -0.792. The van der Waals surface area contributed by atoms with E-state index in [0.29, 0.717) is 6.42 Å². The molecule has 0 saturated carbocycles. The Hall–Kier alpha value is -0.250. The van der Waals surface area contributed by atoms with Crippen LogP contribution in [-0.2, 0) is 4.74 Å². The number of halogens is 3. The van der Waals surface area contributed by atoms with Crippen LogP contribution in [0.5, 0.6) is 0 Å². The molecule has 15 heavy (non-hydrogen) atoms. The molecule has 1 unspecified atom stereocenters. The highest BCUT2D eigenvalue weighted by Gasteiger charge is 2.55. The molecule has 0 radical (unpaired) electrons. The fourth-order valence-corrected chi connectivity index (χ4v) is 2.27. The molecule has 0 aromatic carbocycles. The van der Waals surface area contributed by atoms with Gasteiger partial charge in [-0.3, -0.25) is 0 Å². The van der Waals surface area contributed by atoms with Gasteiger partial charge in [-0.2, -0.15) is 13.2 Å². The quantitative estimate of drug-likeness (QED) is 0.695. The molecule has 0 aromatic heterocycles. The van der Waals surface area contributed by atoms with Gasteiger partial charge in [0.25, 0.3) is 0 Å². The minimum absolute atomic E-state index is 0.0940. The predicted octanol–water partition coefficient (Wildman–Crippen LogP) is 3.64. The first-order valence-corrected chi connectivity index (χ1v) is 5.21. The number of hydrogen-bond donors (Lipinski definition) is 0. The number of hydrogen-bond acceptors (Lipinski definition) is 1. The van der Waals surface area contributed by atoms with Crippen molar-refractivity contribution in [2.24, 2.45) is 16.7 Å². The second-order valence-electron chi connectivity index (χ2n) is 5.86. The highest BCUT2D eigenvalue weighted by molar-refractivity contribution is 4.95. The SMILES string of the molecule is CC(C(F)(F)F)C1(CC(C)(C)C)COC1. The van der Waals surface area contributed by atoms with Gasteiger partial charge in [0, 0.05) is 5.41 Å². The molecule has 0 amide bonds. The Morgan fingerprint density at radius 3 is 1.87 bits per heavy atom. The van der Waals surface area contributed by atoms with Crippen molar-refractivity contribution in [2.45, 2.75) is 40.3 Å². The third-order valence-electron chi connectivity index (χ3n) is 3.07. The summed E-state index contributed by atoms with van der Waals surface area (Å²) in [7, 11) is 0. The summed E-state index contributed by atoms with van der Waals surface area (Å²) in [6.45, 7) is 7.66. The molecule has 1 aliphatic heterocycles. The summed E-state index contributed by atoms with van der Waals surface area (Å²) in [6.07, 6.45) is -3.56. The van der Waals surface area contributed by atoms with Gasteiger partial charge < -0.3 is 4.74 Å². The lowest BCUT2D eigenvalue weighted by Gasteiger charge is -2.49. The van der Waals surface area contributed by atoms with E-state index in [1.54, 1.807) is 0 Å². The third-order valence-corrected chi connectivity index (χ3v) is 3.07. The van der Waals surface area contributed by atoms with E-state index in [9.17, 15) is 13.2 Å². The Balaban J connectivity index is 2.77. The Labute approximate surface area is 89.0 Å². The average Bonchev–Trinajstić information content (AvgIpc) is 1.92. The molecule has 90 valence electrons. The zero-order chi connectivity index (χ0) is 11.9. The molecule has 0 N–H and O–H groups in total. The van der Waals surface area contributed by atoms with E-state index in [2.05, 4.69) is 0 Å². The van der Waals surface area contributed by atoms with Gasteiger partial charge in [-0.15, -0.1) is 0 Å². The number of rotatable bonds is 2. The Morgan fingerprint density at radius 1 is 1.20 bits per heavy atom. The summed E-state index contributed by atoms with van der Waals surface area (Å²) >= 11 is 0. The zero-order valence-corrected chi connectivity index (χ0v) is 9.74. The average molecular weight is 224 g/mol. The second-order valence-corrected chi connectivity index (χ2v) is 5.86. The molecule has 0 aliphatic carbocycles. The van der Waals surface area contributed by atoms with Crippen molar-refractivity contribution in [3.63, 3.8) is 0 Å². The normalized spacial score (nSPS) is 23.4. The van der Waals surface area contributed by atoms with Crippen LogP contribution in [0.3, 0.4) is 0 Å². The largest absolute Gasteiger partial charge is 0.392 e. The van der Waals surface area contributed by atoms with Gasteiger partial charge in [0.1, 0.15) is 0 Å². The van der Waals surface area contributed by atoms with Crippen LogP contribution in [0.15, 0.2) is 0 Å². The van der Waals surface area contributed by atoms with Crippen molar-refractivity contribution in [2.75, 3.05) is 13.2 Å². The van der Waals surface area contributed by atoms with E-state index in [1.165, 1.54) is 6.92 Å². The minimum Gasteiger partial charge on any atom is -0.380 e. The summed E-state index contributed by atoms with van der Waals surface area (Å²) in [4.78, 5) is 0. The molecule has 1 nitrogen and oxygen atoms in total. The van der Waals surface area contributed by atoms with Crippen molar-refractivity contribution in [1.29, 1.82) is 0 Å². The Morgan fingerprint density at radius 2 is 1.67 bits per heavy atom. The smallest absolute Gasteiger partial charge is 0.380 e. The molecule has 1 saturated heterocycles. The molecular formula is C11H19F3O. The third kappa shape index (κ3) is 2.86. The molecule has 0 spiro atoms. The zero-order valence-electron chi connectivity index (χ0n) is 9.74. The van der Waals surface area contributed by atoms with Gasteiger partial charge in [0.05, 0.1) is 19.1 Å². The van der Waals surface area contributed by atoms with Gasteiger partial charge in [-0.25, -0.2) is 0 Å². The van der Waals surface area contributed by atoms with Gasteiger partial charge in [-0.1, -0.05) is 27.7 Å². The maximum atomic E-state index is 12.7. The molecule has 0 bridgehead atoms. The number of alkyl halides is 3. The lowest BCUT2D eigenvalue weighted by molar-refractivity contribution is -0.260. The van der Waals surface area contributed by atoms with Gasteiger partial charge in [0.15, 0.2) is 0 Å². The molecule has 1 fully saturated rings. The lowest BCUT2D eigenvalue weighted by atomic mass is 9.65. The van der Waals surface area contributed by atoms with Crippen LogP contribution >= 0.6 is 0 Å². The minimum atomic E-state index is -4.12. The first kappa shape index (κ1) is 12.8. The summed E-state index contributed by atoms with van der Waals surface area (Å²) in [5.74, 6) is -1.28. The highest BCUT2D eigenvalue weighted by atomic mass is 19.4. The van der Waals surface area contributed by atoms with Crippen LogP contribution in [0.25, 0.3) is 0 Å². The van der Waals surface area contributed by atoms with Gasteiger partial charge in [-0.05, 0) is 11.8 Å². The van der Waals surface area contributed by atoms with Crippen LogP contribution in [0.4, 0.5) is 13.2 Å². The molecule has 1 aliphatic rings. The molecule has 1 heterocycles. The van der Waals surface area contributed by atoms with Crippen molar-refractivity contribution >= 4 is 0 Å². The van der Waals surface area contributed by atoms with E-state index in [0.717, 1.165) is 0 Å². The van der Waals surface area contributed by atoms with Crippen LogP contribution in [0.1, 0.15) is 34.1 Å². The van der Waals surface area contributed by atoms with Crippen LogP contribution in [-0.4, -0.2) is 19.4 Å². The Bertz CT molecular complexity index is 223. The predicted molar refractivity (Wildman–Crippen MR) is 52.5 cm³/mol. The summed E-state index contributed by atoms with van der Waals surface area (Å²) in [5, 5.41) is 0. The van der Waals surface area contributed by atoms with Crippen LogP contribution in [0.2, 0.25) is 0 Å². The lowest BCUT2D eigenvalue weighted by Crippen LogP contribution is -2.53. The fourth-order valence-electron chi connectivity index (χ4n) is 2.27. The van der Waals surface area contributed by atoms with Crippen LogP contribution in [0, 0.1) is 16.7 Å². The van der Waals surface area contributed by atoms with Crippen molar-refractivity contribution < 1.29 is 17.9 Å². The first-order chi connectivity index (χ1) is 6.57. The summed E-state index contributed by atoms with van der Waals surface area (Å²) in [6, 6.07) is 0. The molecule has 1 rings (SSSR count). The monoisotopic (exact) mass is 224 g/mol. The molecular weight excluding hydrogens is 205 g/mol.